The van der Waals surface area contributed by atoms with Gasteiger partial charge in [-0.05, 0) is 30.9 Å². The van der Waals surface area contributed by atoms with E-state index in [1.54, 1.807) is 0 Å². The fraction of sp³-hybridized carbons (Fsp3) is 0.667. The molecule has 0 aliphatic heterocycles. The molecule has 1 fully saturated rings. The summed E-state index contributed by atoms with van der Waals surface area (Å²) in [6.07, 6.45) is 5.70. The van der Waals surface area contributed by atoms with Crippen molar-refractivity contribution in [1.29, 1.82) is 0 Å². The molecule has 2 atom stereocenters. The van der Waals surface area contributed by atoms with Crippen molar-refractivity contribution < 1.29 is 4.74 Å². The first-order chi connectivity index (χ1) is 9.72. The highest BCUT2D eigenvalue weighted by Crippen LogP contribution is 2.30. The molecule has 0 spiro atoms. The lowest BCUT2D eigenvalue weighted by molar-refractivity contribution is -0.0121. The Labute approximate surface area is 123 Å². The lowest BCUT2D eigenvalue weighted by Crippen LogP contribution is -2.36. The zero-order chi connectivity index (χ0) is 14.4. The SMILES string of the molecule is CNC(c1ccccc1)C(OCCC1CCC1)C(C)C. The largest absolute Gasteiger partial charge is 0.376 e. The van der Waals surface area contributed by atoms with E-state index in [1.807, 2.05) is 7.05 Å². The molecule has 1 aromatic rings. The molecule has 112 valence electrons. The minimum absolute atomic E-state index is 0.238. The van der Waals surface area contributed by atoms with Crippen LogP contribution < -0.4 is 5.32 Å². The normalized spacial score (nSPS) is 18.8. The van der Waals surface area contributed by atoms with E-state index in [9.17, 15) is 0 Å². The van der Waals surface area contributed by atoms with Crippen LogP contribution in [0.25, 0.3) is 0 Å². The summed E-state index contributed by atoms with van der Waals surface area (Å²) in [7, 11) is 2.03. The molecule has 0 amide bonds. The highest BCUT2D eigenvalue weighted by atomic mass is 16.5. The molecule has 0 saturated heterocycles. The second-order valence-electron chi connectivity index (χ2n) is 6.34. The van der Waals surface area contributed by atoms with Gasteiger partial charge in [0.05, 0.1) is 12.1 Å². The third kappa shape index (κ3) is 4.07. The van der Waals surface area contributed by atoms with Crippen molar-refractivity contribution in [3.8, 4) is 0 Å². The lowest BCUT2D eigenvalue weighted by atomic mass is 9.83. The van der Waals surface area contributed by atoms with E-state index >= 15 is 0 Å². The smallest absolute Gasteiger partial charge is 0.0792 e. The Morgan fingerprint density at radius 3 is 2.40 bits per heavy atom. The van der Waals surface area contributed by atoms with Crippen LogP contribution in [0.3, 0.4) is 0 Å². The Morgan fingerprint density at radius 1 is 1.20 bits per heavy atom. The molecule has 1 aliphatic rings. The third-order valence-corrected chi connectivity index (χ3v) is 4.52. The van der Waals surface area contributed by atoms with Gasteiger partial charge in [-0.3, -0.25) is 0 Å². The van der Waals surface area contributed by atoms with E-state index in [-0.39, 0.29) is 12.1 Å². The van der Waals surface area contributed by atoms with Crippen LogP contribution in [0.5, 0.6) is 0 Å². The molecule has 20 heavy (non-hydrogen) atoms. The molecular weight excluding hydrogens is 246 g/mol. The fourth-order valence-electron chi connectivity index (χ4n) is 3.01. The van der Waals surface area contributed by atoms with Crippen molar-refractivity contribution in [2.45, 2.75) is 51.7 Å². The standard InChI is InChI=1S/C18H29NO/c1-14(2)18(20-13-12-15-8-7-9-15)17(19-3)16-10-5-4-6-11-16/h4-6,10-11,14-15,17-19H,7-9,12-13H2,1-3H3. The number of ether oxygens (including phenoxy) is 1. The van der Waals surface area contributed by atoms with Gasteiger partial charge in [-0.2, -0.15) is 0 Å². The minimum Gasteiger partial charge on any atom is -0.376 e. The van der Waals surface area contributed by atoms with E-state index in [2.05, 4.69) is 49.5 Å². The lowest BCUT2D eigenvalue weighted by Gasteiger charge is -2.32. The second kappa shape index (κ2) is 7.80. The molecule has 0 heterocycles. The van der Waals surface area contributed by atoms with Crippen molar-refractivity contribution in [2.24, 2.45) is 11.8 Å². The average Bonchev–Trinajstić information content (AvgIpc) is 2.41. The highest BCUT2D eigenvalue weighted by molar-refractivity contribution is 5.20. The monoisotopic (exact) mass is 275 g/mol. The summed E-state index contributed by atoms with van der Waals surface area (Å²) in [4.78, 5) is 0. The van der Waals surface area contributed by atoms with Crippen molar-refractivity contribution in [1.82, 2.24) is 5.32 Å². The number of hydrogen-bond donors (Lipinski definition) is 1. The van der Waals surface area contributed by atoms with Gasteiger partial charge in [0.25, 0.3) is 0 Å². The molecule has 2 rings (SSSR count). The maximum atomic E-state index is 6.25. The Balaban J connectivity index is 1.94. The van der Waals surface area contributed by atoms with Crippen molar-refractivity contribution >= 4 is 0 Å². The summed E-state index contributed by atoms with van der Waals surface area (Å²) in [5.41, 5.74) is 1.32. The Bertz CT molecular complexity index is 372. The van der Waals surface area contributed by atoms with Gasteiger partial charge in [0.2, 0.25) is 0 Å². The first kappa shape index (κ1) is 15.5. The predicted octanol–water partition coefficient (Wildman–Crippen LogP) is 4.18. The molecule has 1 aromatic carbocycles. The van der Waals surface area contributed by atoms with E-state index in [1.165, 1.54) is 31.2 Å². The van der Waals surface area contributed by atoms with Gasteiger partial charge in [0, 0.05) is 6.61 Å². The Hall–Kier alpha value is -0.860. The fourth-order valence-corrected chi connectivity index (χ4v) is 3.01. The molecule has 1 saturated carbocycles. The number of rotatable bonds is 8. The molecule has 1 N–H and O–H groups in total. The topological polar surface area (TPSA) is 21.3 Å². The first-order valence-corrected chi connectivity index (χ1v) is 8.06. The summed E-state index contributed by atoms with van der Waals surface area (Å²) in [5, 5.41) is 3.44. The molecule has 1 aliphatic carbocycles. The van der Waals surface area contributed by atoms with Crippen LogP contribution >= 0.6 is 0 Å². The zero-order valence-corrected chi connectivity index (χ0v) is 13.1. The molecule has 0 bridgehead atoms. The van der Waals surface area contributed by atoms with Gasteiger partial charge in [-0.15, -0.1) is 0 Å². The number of nitrogens with one attached hydrogen (secondary N) is 1. The van der Waals surface area contributed by atoms with Crippen molar-refractivity contribution in [2.75, 3.05) is 13.7 Å². The predicted molar refractivity (Wildman–Crippen MR) is 84.8 cm³/mol. The van der Waals surface area contributed by atoms with Crippen molar-refractivity contribution in [3.05, 3.63) is 35.9 Å². The van der Waals surface area contributed by atoms with Gasteiger partial charge in [0.1, 0.15) is 0 Å². The zero-order valence-electron chi connectivity index (χ0n) is 13.1. The summed E-state index contributed by atoms with van der Waals surface area (Å²) < 4.78 is 6.25. The van der Waals surface area contributed by atoms with Crippen LogP contribution in [0.4, 0.5) is 0 Å². The van der Waals surface area contributed by atoms with Crippen LogP contribution in [0.1, 0.15) is 51.1 Å². The summed E-state index contributed by atoms with van der Waals surface area (Å²) in [5.74, 6) is 1.43. The van der Waals surface area contributed by atoms with E-state index in [0.717, 1.165) is 12.5 Å². The first-order valence-electron chi connectivity index (χ1n) is 8.06. The number of likely N-dealkylation sites (N-methyl/N-ethyl adjacent to an activating group) is 1. The van der Waals surface area contributed by atoms with E-state index < -0.39 is 0 Å². The van der Waals surface area contributed by atoms with E-state index in [0.29, 0.717) is 5.92 Å². The van der Waals surface area contributed by atoms with Gasteiger partial charge in [-0.25, -0.2) is 0 Å². The van der Waals surface area contributed by atoms with Crippen LogP contribution in [-0.4, -0.2) is 19.8 Å². The molecule has 0 aromatic heterocycles. The van der Waals surface area contributed by atoms with Crippen molar-refractivity contribution in [3.63, 3.8) is 0 Å². The van der Waals surface area contributed by atoms with Crippen LogP contribution in [-0.2, 0) is 4.74 Å². The number of benzene rings is 1. The van der Waals surface area contributed by atoms with Gasteiger partial charge in [-0.1, -0.05) is 63.4 Å². The number of hydrogen-bond acceptors (Lipinski definition) is 2. The minimum atomic E-state index is 0.238. The highest BCUT2D eigenvalue weighted by Gasteiger charge is 2.26. The van der Waals surface area contributed by atoms with Crippen LogP contribution in [0.2, 0.25) is 0 Å². The summed E-state index contributed by atoms with van der Waals surface area (Å²) in [6.45, 7) is 5.40. The summed E-state index contributed by atoms with van der Waals surface area (Å²) in [6, 6.07) is 10.9. The molecular formula is C18H29NO. The molecule has 2 nitrogen and oxygen atoms in total. The molecule has 0 radical (unpaired) electrons. The van der Waals surface area contributed by atoms with Crippen LogP contribution in [0.15, 0.2) is 30.3 Å². The van der Waals surface area contributed by atoms with Gasteiger partial charge < -0.3 is 10.1 Å². The van der Waals surface area contributed by atoms with E-state index in [4.69, 9.17) is 4.74 Å². The second-order valence-corrected chi connectivity index (χ2v) is 6.34. The Morgan fingerprint density at radius 2 is 1.90 bits per heavy atom. The van der Waals surface area contributed by atoms with Gasteiger partial charge >= 0.3 is 0 Å². The maximum Gasteiger partial charge on any atom is 0.0792 e. The van der Waals surface area contributed by atoms with Gasteiger partial charge in [0.15, 0.2) is 0 Å². The quantitative estimate of drug-likeness (QED) is 0.768. The molecule has 2 unspecified atom stereocenters. The van der Waals surface area contributed by atoms with Crippen LogP contribution in [0, 0.1) is 11.8 Å². The maximum absolute atomic E-state index is 6.25. The molecule has 2 heteroatoms. The average molecular weight is 275 g/mol. The third-order valence-electron chi connectivity index (χ3n) is 4.52. The Kier molecular flexibility index (Phi) is 6.06. The summed E-state index contributed by atoms with van der Waals surface area (Å²) >= 11 is 0.